The Labute approximate surface area is 67.5 Å². The molecule has 3 nitrogen and oxygen atoms in total. The predicted molar refractivity (Wildman–Crippen MR) is 40.2 cm³/mol. The molecule has 0 radical (unpaired) electrons. The van der Waals surface area contributed by atoms with Gasteiger partial charge in [-0.05, 0) is 6.42 Å². The Morgan fingerprint density at radius 2 is 2.10 bits per heavy atom. The first-order valence-electron chi connectivity index (χ1n) is 2.92. The van der Waals surface area contributed by atoms with Crippen molar-refractivity contribution >= 4 is 27.7 Å². The first kappa shape index (κ1) is 9.62. The summed E-state index contributed by atoms with van der Waals surface area (Å²) in [6, 6.07) is 0. The summed E-state index contributed by atoms with van der Waals surface area (Å²) in [6.45, 7) is 1.61. The SMILES string of the molecule is CC(CCBr)C(=O)C(=O)O. The number of Topliss-reactive ketones (excluding diaryl/α,β-unsaturated/α-hetero) is 1. The van der Waals surface area contributed by atoms with E-state index in [0.717, 1.165) is 0 Å². The lowest BCUT2D eigenvalue weighted by Gasteiger charge is -2.02. The van der Waals surface area contributed by atoms with Crippen LogP contribution in [0.2, 0.25) is 0 Å². The van der Waals surface area contributed by atoms with Crippen molar-refractivity contribution in [1.82, 2.24) is 0 Å². The van der Waals surface area contributed by atoms with Gasteiger partial charge in [-0.15, -0.1) is 0 Å². The maximum atomic E-state index is 10.6. The molecule has 0 aromatic carbocycles. The van der Waals surface area contributed by atoms with Gasteiger partial charge in [-0.2, -0.15) is 0 Å². The van der Waals surface area contributed by atoms with E-state index in [1.54, 1.807) is 6.92 Å². The summed E-state index contributed by atoms with van der Waals surface area (Å²) in [6.07, 6.45) is 0.575. The molecule has 4 heteroatoms. The van der Waals surface area contributed by atoms with Crippen LogP contribution in [0.15, 0.2) is 0 Å². The highest BCUT2D eigenvalue weighted by Gasteiger charge is 2.18. The molecule has 0 heterocycles. The number of halogens is 1. The van der Waals surface area contributed by atoms with Crippen molar-refractivity contribution in [2.45, 2.75) is 13.3 Å². The van der Waals surface area contributed by atoms with E-state index in [1.165, 1.54) is 0 Å². The summed E-state index contributed by atoms with van der Waals surface area (Å²) < 4.78 is 0. The first-order chi connectivity index (χ1) is 4.59. The van der Waals surface area contributed by atoms with Gasteiger partial charge in [0.1, 0.15) is 0 Å². The molecule has 0 fully saturated rings. The lowest BCUT2D eigenvalue weighted by Crippen LogP contribution is -2.21. The third kappa shape index (κ3) is 2.96. The normalized spacial score (nSPS) is 12.6. The highest BCUT2D eigenvalue weighted by Crippen LogP contribution is 2.05. The Morgan fingerprint density at radius 1 is 1.60 bits per heavy atom. The van der Waals surface area contributed by atoms with Crippen LogP contribution >= 0.6 is 15.9 Å². The van der Waals surface area contributed by atoms with Gasteiger partial charge in [-0.25, -0.2) is 4.79 Å². The van der Waals surface area contributed by atoms with E-state index >= 15 is 0 Å². The second kappa shape index (κ2) is 4.44. The summed E-state index contributed by atoms with van der Waals surface area (Å²) in [4.78, 5) is 20.7. The van der Waals surface area contributed by atoms with Gasteiger partial charge < -0.3 is 5.11 Å². The highest BCUT2D eigenvalue weighted by atomic mass is 79.9. The monoisotopic (exact) mass is 208 g/mol. The molecule has 10 heavy (non-hydrogen) atoms. The number of carbonyl (C=O) groups excluding carboxylic acids is 1. The molecule has 0 aromatic rings. The zero-order valence-electron chi connectivity index (χ0n) is 5.63. The molecule has 0 aliphatic carbocycles. The molecule has 0 aromatic heterocycles. The highest BCUT2D eigenvalue weighted by molar-refractivity contribution is 9.09. The van der Waals surface area contributed by atoms with E-state index in [2.05, 4.69) is 15.9 Å². The van der Waals surface area contributed by atoms with Gasteiger partial charge in [0.15, 0.2) is 0 Å². The van der Waals surface area contributed by atoms with Crippen molar-refractivity contribution in [2.24, 2.45) is 5.92 Å². The van der Waals surface area contributed by atoms with Gasteiger partial charge in [-0.1, -0.05) is 22.9 Å². The average molecular weight is 209 g/mol. The van der Waals surface area contributed by atoms with Crippen molar-refractivity contribution in [3.63, 3.8) is 0 Å². The van der Waals surface area contributed by atoms with E-state index in [0.29, 0.717) is 11.8 Å². The number of alkyl halides is 1. The van der Waals surface area contributed by atoms with Crippen LogP contribution in [-0.4, -0.2) is 22.2 Å². The molecule has 0 rings (SSSR count). The lowest BCUT2D eigenvalue weighted by atomic mass is 10.0. The fraction of sp³-hybridized carbons (Fsp3) is 0.667. The minimum atomic E-state index is -1.34. The molecular formula is C6H9BrO3. The second-order valence-electron chi connectivity index (χ2n) is 2.05. The fourth-order valence-electron chi connectivity index (χ4n) is 0.506. The van der Waals surface area contributed by atoms with Crippen molar-refractivity contribution in [3.05, 3.63) is 0 Å². The number of carbonyl (C=O) groups is 2. The number of hydrogen-bond acceptors (Lipinski definition) is 2. The molecule has 0 aliphatic rings. The number of rotatable bonds is 4. The van der Waals surface area contributed by atoms with Crippen LogP contribution < -0.4 is 0 Å². The Morgan fingerprint density at radius 3 is 2.40 bits per heavy atom. The number of carboxylic acids is 1. The minimum absolute atomic E-state index is 0.378. The largest absolute Gasteiger partial charge is 0.475 e. The van der Waals surface area contributed by atoms with Crippen LogP contribution in [-0.2, 0) is 9.59 Å². The fourth-order valence-corrected chi connectivity index (χ4v) is 1.19. The number of ketones is 1. The quantitative estimate of drug-likeness (QED) is 0.556. The number of aliphatic carboxylic acids is 1. The summed E-state index contributed by atoms with van der Waals surface area (Å²) in [5.41, 5.74) is 0. The van der Waals surface area contributed by atoms with E-state index in [4.69, 9.17) is 5.11 Å². The van der Waals surface area contributed by atoms with Crippen molar-refractivity contribution in [3.8, 4) is 0 Å². The van der Waals surface area contributed by atoms with Crippen molar-refractivity contribution in [1.29, 1.82) is 0 Å². The Hall–Kier alpha value is -0.380. The number of carboxylic acid groups (broad SMARTS) is 1. The van der Waals surface area contributed by atoms with Crippen molar-refractivity contribution < 1.29 is 14.7 Å². The molecule has 0 bridgehead atoms. The standard InChI is InChI=1S/C6H9BrO3/c1-4(2-3-7)5(8)6(9)10/h4H,2-3H2,1H3,(H,9,10). The molecule has 58 valence electrons. The second-order valence-corrected chi connectivity index (χ2v) is 2.84. The molecule has 1 N–H and O–H groups in total. The Balaban J connectivity index is 3.82. The molecular weight excluding hydrogens is 200 g/mol. The summed E-state index contributed by atoms with van der Waals surface area (Å²) in [5.74, 6) is -2.43. The molecule has 0 saturated carbocycles. The van der Waals surface area contributed by atoms with Gasteiger partial charge in [-0.3, -0.25) is 4.79 Å². The van der Waals surface area contributed by atoms with Crippen LogP contribution in [0.3, 0.4) is 0 Å². The maximum absolute atomic E-state index is 10.6. The molecule has 0 spiro atoms. The van der Waals surface area contributed by atoms with Gasteiger partial charge in [0.2, 0.25) is 5.78 Å². The van der Waals surface area contributed by atoms with Crippen LogP contribution in [0.1, 0.15) is 13.3 Å². The third-order valence-electron chi connectivity index (χ3n) is 1.20. The summed E-state index contributed by atoms with van der Waals surface area (Å²) >= 11 is 3.12. The zero-order valence-corrected chi connectivity index (χ0v) is 7.22. The van der Waals surface area contributed by atoms with Crippen LogP contribution in [0.5, 0.6) is 0 Å². The van der Waals surface area contributed by atoms with E-state index in [9.17, 15) is 9.59 Å². The van der Waals surface area contributed by atoms with Gasteiger partial charge in [0.25, 0.3) is 0 Å². The Bertz CT molecular complexity index is 144. The third-order valence-corrected chi connectivity index (χ3v) is 1.66. The number of hydrogen-bond donors (Lipinski definition) is 1. The zero-order chi connectivity index (χ0) is 8.15. The van der Waals surface area contributed by atoms with E-state index in [-0.39, 0.29) is 5.92 Å². The topological polar surface area (TPSA) is 54.4 Å². The summed E-state index contributed by atoms with van der Waals surface area (Å²) in [5, 5.41) is 8.87. The maximum Gasteiger partial charge on any atom is 0.372 e. The van der Waals surface area contributed by atoms with Gasteiger partial charge in [0, 0.05) is 11.2 Å². The van der Waals surface area contributed by atoms with Crippen LogP contribution in [0.4, 0.5) is 0 Å². The first-order valence-corrected chi connectivity index (χ1v) is 4.04. The molecule has 0 amide bonds. The van der Waals surface area contributed by atoms with Crippen molar-refractivity contribution in [2.75, 3.05) is 5.33 Å². The molecule has 1 atom stereocenters. The van der Waals surface area contributed by atoms with E-state index in [1.807, 2.05) is 0 Å². The molecule has 0 aliphatic heterocycles. The summed E-state index contributed by atoms with van der Waals surface area (Å²) in [7, 11) is 0. The van der Waals surface area contributed by atoms with Gasteiger partial charge >= 0.3 is 5.97 Å². The Kier molecular flexibility index (Phi) is 4.27. The van der Waals surface area contributed by atoms with Gasteiger partial charge in [0.05, 0.1) is 0 Å². The molecule has 0 saturated heterocycles. The predicted octanol–water partition coefficient (Wildman–Crippen LogP) is 1.06. The average Bonchev–Trinajstić information content (AvgIpc) is 1.87. The molecule has 1 unspecified atom stereocenters. The van der Waals surface area contributed by atoms with Crippen LogP contribution in [0, 0.1) is 5.92 Å². The van der Waals surface area contributed by atoms with E-state index < -0.39 is 11.8 Å². The smallest absolute Gasteiger partial charge is 0.372 e. The minimum Gasteiger partial charge on any atom is -0.475 e. The lowest BCUT2D eigenvalue weighted by molar-refractivity contribution is -0.150. The van der Waals surface area contributed by atoms with Crippen LogP contribution in [0.25, 0.3) is 0 Å².